The first-order valence-electron chi connectivity index (χ1n) is 6.97. The van der Waals surface area contributed by atoms with Crippen LogP contribution in [0.5, 0.6) is 0 Å². The Hall–Kier alpha value is -1.80. The van der Waals surface area contributed by atoms with Gasteiger partial charge in [-0.25, -0.2) is 4.98 Å². The maximum Gasteiger partial charge on any atom is 0.273 e. The molecule has 2 heterocycles. The van der Waals surface area contributed by atoms with Crippen LogP contribution in [-0.4, -0.2) is 32.4 Å². The zero-order valence-corrected chi connectivity index (χ0v) is 13.1. The Balaban J connectivity index is 1.93. The van der Waals surface area contributed by atoms with E-state index in [1.807, 2.05) is 6.92 Å². The molecule has 0 atom stereocenters. The summed E-state index contributed by atoms with van der Waals surface area (Å²) in [6.07, 6.45) is 3.65. The van der Waals surface area contributed by atoms with Crippen molar-refractivity contribution >= 4 is 17.2 Å². The molecule has 114 valence electrons. The number of aromatic nitrogens is 4. The van der Waals surface area contributed by atoms with Crippen molar-refractivity contribution in [1.29, 1.82) is 0 Å². The zero-order chi connectivity index (χ0) is 15.2. The standard InChI is InChI=1S/C13H20N6OS/c1-3-4-12-16-9(2)11(21-12)7-15-13(20)10-8-19(6-5-14)18-17-10/h8H,3-7,14H2,1-2H3,(H,15,20). The van der Waals surface area contributed by atoms with Gasteiger partial charge in [0.2, 0.25) is 0 Å². The number of carbonyl (C=O) groups is 1. The van der Waals surface area contributed by atoms with Crippen LogP contribution < -0.4 is 11.1 Å². The molecule has 0 bridgehead atoms. The van der Waals surface area contributed by atoms with Crippen molar-refractivity contribution in [3.05, 3.63) is 27.5 Å². The number of nitrogens with zero attached hydrogens (tertiary/aromatic N) is 4. The van der Waals surface area contributed by atoms with E-state index < -0.39 is 0 Å². The molecule has 0 saturated heterocycles. The van der Waals surface area contributed by atoms with Crippen molar-refractivity contribution in [2.24, 2.45) is 5.73 Å². The third-order valence-corrected chi connectivity index (χ3v) is 4.16. The molecular weight excluding hydrogens is 288 g/mol. The molecule has 8 heteroatoms. The average molecular weight is 308 g/mol. The number of carbonyl (C=O) groups excluding carboxylic acids is 1. The normalized spacial score (nSPS) is 10.8. The third-order valence-electron chi connectivity index (χ3n) is 2.94. The molecule has 21 heavy (non-hydrogen) atoms. The molecule has 0 aromatic carbocycles. The molecule has 7 nitrogen and oxygen atoms in total. The van der Waals surface area contributed by atoms with Gasteiger partial charge in [0.05, 0.1) is 30.0 Å². The number of nitrogens with two attached hydrogens (primary N) is 1. The molecule has 2 aromatic heterocycles. The quantitative estimate of drug-likeness (QED) is 0.791. The van der Waals surface area contributed by atoms with Gasteiger partial charge in [-0.3, -0.25) is 9.48 Å². The van der Waals surface area contributed by atoms with E-state index in [0.717, 1.165) is 28.4 Å². The van der Waals surface area contributed by atoms with Crippen molar-refractivity contribution in [3.63, 3.8) is 0 Å². The molecular formula is C13H20N6OS. The van der Waals surface area contributed by atoms with E-state index in [4.69, 9.17) is 5.73 Å². The fraction of sp³-hybridized carbons (Fsp3) is 0.538. The zero-order valence-electron chi connectivity index (χ0n) is 12.3. The van der Waals surface area contributed by atoms with Crippen LogP contribution in [0.3, 0.4) is 0 Å². The molecule has 0 radical (unpaired) electrons. The van der Waals surface area contributed by atoms with Crippen LogP contribution in [-0.2, 0) is 19.5 Å². The van der Waals surface area contributed by atoms with Gasteiger partial charge in [-0.05, 0) is 19.8 Å². The number of rotatable bonds is 7. The molecule has 2 rings (SSSR count). The van der Waals surface area contributed by atoms with Crippen LogP contribution in [0.15, 0.2) is 6.20 Å². The number of hydrogen-bond acceptors (Lipinski definition) is 6. The Morgan fingerprint density at radius 1 is 1.52 bits per heavy atom. The summed E-state index contributed by atoms with van der Waals surface area (Å²) in [5.74, 6) is -0.233. The smallest absolute Gasteiger partial charge is 0.273 e. The highest BCUT2D eigenvalue weighted by Crippen LogP contribution is 2.19. The van der Waals surface area contributed by atoms with Gasteiger partial charge in [0, 0.05) is 11.4 Å². The van der Waals surface area contributed by atoms with Gasteiger partial charge in [0.1, 0.15) is 0 Å². The van der Waals surface area contributed by atoms with Crippen molar-refractivity contribution in [1.82, 2.24) is 25.3 Å². The number of hydrogen-bond donors (Lipinski definition) is 2. The summed E-state index contributed by atoms with van der Waals surface area (Å²) in [5.41, 5.74) is 6.72. The largest absolute Gasteiger partial charge is 0.346 e. The summed E-state index contributed by atoms with van der Waals surface area (Å²) in [7, 11) is 0. The minimum Gasteiger partial charge on any atom is -0.346 e. The van der Waals surface area contributed by atoms with Crippen molar-refractivity contribution in [2.75, 3.05) is 6.54 Å². The van der Waals surface area contributed by atoms with Gasteiger partial charge in [0.15, 0.2) is 5.69 Å². The molecule has 3 N–H and O–H groups in total. The Labute approximate surface area is 127 Å². The molecule has 2 aromatic rings. The summed E-state index contributed by atoms with van der Waals surface area (Å²) >= 11 is 1.65. The van der Waals surface area contributed by atoms with Crippen LogP contribution in [0.4, 0.5) is 0 Å². The van der Waals surface area contributed by atoms with E-state index in [1.54, 1.807) is 22.2 Å². The van der Waals surface area contributed by atoms with Gasteiger partial charge in [-0.2, -0.15) is 0 Å². The Morgan fingerprint density at radius 2 is 2.33 bits per heavy atom. The molecule has 0 saturated carbocycles. The second-order valence-corrected chi connectivity index (χ2v) is 5.87. The minimum absolute atomic E-state index is 0.233. The lowest BCUT2D eigenvalue weighted by Crippen LogP contribution is -2.23. The van der Waals surface area contributed by atoms with Crippen LogP contribution in [0.1, 0.15) is 39.4 Å². The molecule has 0 aliphatic heterocycles. The van der Waals surface area contributed by atoms with Crippen molar-refractivity contribution in [3.8, 4) is 0 Å². The van der Waals surface area contributed by atoms with Crippen LogP contribution >= 0.6 is 11.3 Å². The highest BCUT2D eigenvalue weighted by molar-refractivity contribution is 7.11. The molecule has 0 spiro atoms. The summed E-state index contributed by atoms with van der Waals surface area (Å²) < 4.78 is 1.56. The number of nitrogens with one attached hydrogen (secondary N) is 1. The van der Waals surface area contributed by atoms with E-state index in [9.17, 15) is 4.79 Å². The first kappa shape index (κ1) is 15.6. The minimum atomic E-state index is -0.233. The van der Waals surface area contributed by atoms with E-state index in [1.165, 1.54) is 0 Å². The van der Waals surface area contributed by atoms with Gasteiger partial charge in [-0.1, -0.05) is 12.1 Å². The molecule has 0 fully saturated rings. The first-order chi connectivity index (χ1) is 10.1. The highest BCUT2D eigenvalue weighted by atomic mass is 32.1. The van der Waals surface area contributed by atoms with Crippen LogP contribution in [0, 0.1) is 6.92 Å². The lowest BCUT2D eigenvalue weighted by atomic mass is 10.3. The Bertz CT molecular complexity index is 606. The predicted octanol–water partition coefficient (Wildman–Crippen LogP) is 0.884. The van der Waals surface area contributed by atoms with Crippen LogP contribution in [0.2, 0.25) is 0 Å². The summed E-state index contributed by atoms with van der Waals surface area (Å²) in [6, 6.07) is 0. The van der Waals surface area contributed by atoms with E-state index in [2.05, 4.69) is 27.5 Å². The maximum atomic E-state index is 12.0. The topological polar surface area (TPSA) is 98.7 Å². The fourth-order valence-corrected chi connectivity index (χ4v) is 2.98. The van der Waals surface area contributed by atoms with Crippen molar-refractivity contribution in [2.45, 2.75) is 39.8 Å². The number of thiazole rings is 1. The van der Waals surface area contributed by atoms with Gasteiger partial charge in [-0.15, -0.1) is 16.4 Å². The highest BCUT2D eigenvalue weighted by Gasteiger charge is 2.12. The summed E-state index contributed by atoms with van der Waals surface area (Å²) in [5, 5.41) is 11.7. The average Bonchev–Trinajstić information content (AvgIpc) is 3.04. The summed E-state index contributed by atoms with van der Waals surface area (Å²) in [4.78, 5) is 17.6. The van der Waals surface area contributed by atoms with Crippen molar-refractivity contribution < 1.29 is 4.79 Å². The van der Waals surface area contributed by atoms with Crippen LogP contribution in [0.25, 0.3) is 0 Å². The number of aryl methyl sites for hydroxylation is 2. The van der Waals surface area contributed by atoms with Gasteiger partial charge in [0.25, 0.3) is 5.91 Å². The monoisotopic (exact) mass is 308 g/mol. The van der Waals surface area contributed by atoms with E-state index in [-0.39, 0.29) is 5.91 Å². The molecule has 0 aliphatic carbocycles. The predicted molar refractivity (Wildman–Crippen MR) is 81.1 cm³/mol. The SMILES string of the molecule is CCCc1nc(C)c(CNC(=O)c2cn(CCN)nn2)s1. The maximum absolute atomic E-state index is 12.0. The Kier molecular flexibility index (Phi) is 5.40. The molecule has 0 unspecified atom stereocenters. The second kappa shape index (κ2) is 7.28. The van der Waals surface area contributed by atoms with Gasteiger partial charge >= 0.3 is 0 Å². The fourth-order valence-electron chi connectivity index (χ4n) is 1.87. The molecule has 1 amide bonds. The second-order valence-electron chi connectivity index (χ2n) is 4.70. The Morgan fingerprint density at radius 3 is 3.05 bits per heavy atom. The van der Waals surface area contributed by atoms with E-state index >= 15 is 0 Å². The number of amides is 1. The van der Waals surface area contributed by atoms with Gasteiger partial charge < -0.3 is 11.1 Å². The summed E-state index contributed by atoms with van der Waals surface area (Å²) in [6.45, 7) is 5.58. The lowest BCUT2D eigenvalue weighted by Gasteiger charge is -2.00. The lowest BCUT2D eigenvalue weighted by molar-refractivity contribution is 0.0946. The first-order valence-corrected chi connectivity index (χ1v) is 7.79. The third kappa shape index (κ3) is 4.08. The van der Waals surface area contributed by atoms with E-state index in [0.29, 0.717) is 25.3 Å². The molecule has 0 aliphatic rings.